The highest BCUT2D eigenvalue weighted by Gasteiger charge is 2.35. The number of pyridine rings is 1. The van der Waals surface area contributed by atoms with Crippen molar-refractivity contribution in [3.63, 3.8) is 0 Å². The SMILES string of the molecule is CCCCOc1c(C(NC(=O)O)C(C)(C)C)n(CC(C)(C)C)c(=O)c2ccc(OCC(C)C)cc12. The molecule has 0 fully saturated rings. The molecule has 0 aliphatic heterocycles. The van der Waals surface area contributed by atoms with Crippen LogP contribution < -0.4 is 20.3 Å². The van der Waals surface area contributed by atoms with Gasteiger partial charge in [0.1, 0.15) is 11.5 Å². The molecule has 0 saturated heterocycles. The number of ether oxygens (including phenoxy) is 2. The zero-order valence-electron chi connectivity index (χ0n) is 22.9. The lowest BCUT2D eigenvalue weighted by Gasteiger charge is -2.35. The molecule has 196 valence electrons. The molecule has 1 heterocycles. The van der Waals surface area contributed by atoms with Crippen LogP contribution in [0.3, 0.4) is 0 Å². The average Bonchev–Trinajstić information content (AvgIpc) is 2.72. The van der Waals surface area contributed by atoms with Crippen molar-refractivity contribution in [2.75, 3.05) is 13.2 Å². The summed E-state index contributed by atoms with van der Waals surface area (Å²) in [7, 11) is 0. The summed E-state index contributed by atoms with van der Waals surface area (Å²) >= 11 is 0. The highest BCUT2D eigenvalue weighted by atomic mass is 16.5. The number of carbonyl (C=O) groups is 1. The largest absolute Gasteiger partial charge is 0.493 e. The van der Waals surface area contributed by atoms with Crippen LogP contribution >= 0.6 is 0 Å². The van der Waals surface area contributed by atoms with Crippen molar-refractivity contribution in [3.05, 3.63) is 34.2 Å². The molecule has 0 saturated carbocycles. The number of unbranched alkanes of at least 4 members (excludes halogenated alkanes) is 1. The number of nitrogens with one attached hydrogen (secondary N) is 1. The van der Waals surface area contributed by atoms with E-state index in [1.807, 2.05) is 32.9 Å². The number of rotatable bonds is 10. The van der Waals surface area contributed by atoms with Gasteiger partial charge in [0.05, 0.1) is 30.3 Å². The van der Waals surface area contributed by atoms with Gasteiger partial charge in [0.15, 0.2) is 0 Å². The second-order valence-electron chi connectivity index (χ2n) is 12.0. The van der Waals surface area contributed by atoms with Gasteiger partial charge in [0.2, 0.25) is 0 Å². The van der Waals surface area contributed by atoms with Crippen molar-refractivity contribution in [1.82, 2.24) is 9.88 Å². The smallest absolute Gasteiger partial charge is 0.405 e. The molecule has 0 aliphatic carbocycles. The molecule has 0 spiro atoms. The molecule has 1 atom stereocenters. The van der Waals surface area contributed by atoms with E-state index < -0.39 is 17.6 Å². The summed E-state index contributed by atoms with van der Waals surface area (Å²) in [6, 6.07) is 4.79. The molecule has 1 aromatic heterocycles. The number of hydrogen-bond donors (Lipinski definition) is 2. The van der Waals surface area contributed by atoms with Crippen LogP contribution in [0.5, 0.6) is 11.5 Å². The van der Waals surface area contributed by atoms with Crippen LogP contribution in [-0.2, 0) is 6.54 Å². The zero-order valence-corrected chi connectivity index (χ0v) is 22.9. The van der Waals surface area contributed by atoms with Crippen molar-refractivity contribution < 1.29 is 19.4 Å². The predicted octanol–water partition coefficient (Wildman–Crippen LogP) is 6.62. The Balaban J connectivity index is 2.97. The number of fused-ring (bicyclic) bond motifs is 1. The van der Waals surface area contributed by atoms with Gasteiger partial charge in [-0.2, -0.15) is 0 Å². The molecule has 7 heteroatoms. The molecular formula is C28H44N2O5. The maximum atomic E-state index is 13.9. The van der Waals surface area contributed by atoms with Gasteiger partial charge < -0.3 is 24.5 Å². The maximum Gasteiger partial charge on any atom is 0.405 e. The molecule has 35 heavy (non-hydrogen) atoms. The van der Waals surface area contributed by atoms with E-state index in [9.17, 15) is 14.7 Å². The highest BCUT2D eigenvalue weighted by Crippen LogP contribution is 2.41. The summed E-state index contributed by atoms with van der Waals surface area (Å²) in [5, 5.41) is 13.6. The van der Waals surface area contributed by atoms with Crippen molar-refractivity contribution in [3.8, 4) is 11.5 Å². The van der Waals surface area contributed by atoms with Gasteiger partial charge in [0, 0.05) is 11.9 Å². The average molecular weight is 489 g/mol. The third kappa shape index (κ3) is 7.64. The molecule has 2 N–H and O–H groups in total. The first kappa shape index (κ1) is 28.5. The standard InChI is InChI=1S/C28H44N2O5/c1-10-11-14-34-23-21-15-19(35-16-18(2)3)12-13-20(21)25(31)30(17-27(4,5)6)22(23)24(28(7,8)9)29-26(32)33/h12-13,15,18,24,29H,10-11,14,16-17H2,1-9H3,(H,32,33). The van der Waals surface area contributed by atoms with Crippen molar-refractivity contribution in [2.24, 2.45) is 16.7 Å². The van der Waals surface area contributed by atoms with Gasteiger partial charge >= 0.3 is 6.09 Å². The topological polar surface area (TPSA) is 89.8 Å². The number of hydrogen-bond acceptors (Lipinski definition) is 4. The van der Waals surface area contributed by atoms with Crippen LogP contribution in [0.2, 0.25) is 0 Å². The summed E-state index contributed by atoms with van der Waals surface area (Å²) in [6.07, 6.45) is 0.650. The molecular weight excluding hydrogens is 444 g/mol. The molecule has 1 amide bonds. The summed E-state index contributed by atoms with van der Waals surface area (Å²) in [4.78, 5) is 25.8. The molecule has 1 unspecified atom stereocenters. The fourth-order valence-corrected chi connectivity index (χ4v) is 3.97. The Kier molecular flexibility index (Phi) is 9.26. The number of carboxylic acid groups (broad SMARTS) is 1. The predicted molar refractivity (Wildman–Crippen MR) is 142 cm³/mol. The summed E-state index contributed by atoms with van der Waals surface area (Å²) in [5.41, 5.74) is -0.347. The Bertz CT molecular complexity index is 1070. The molecule has 0 bridgehead atoms. The minimum atomic E-state index is -1.15. The third-order valence-corrected chi connectivity index (χ3v) is 5.60. The quantitative estimate of drug-likeness (QED) is 0.367. The first-order valence-electron chi connectivity index (χ1n) is 12.6. The van der Waals surface area contributed by atoms with E-state index in [-0.39, 0.29) is 11.0 Å². The molecule has 7 nitrogen and oxygen atoms in total. The van der Waals surface area contributed by atoms with Crippen LogP contribution in [0.15, 0.2) is 23.0 Å². The second kappa shape index (κ2) is 11.4. The van der Waals surface area contributed by atoms with E-state index in [1.54, 1.807) is 10.6 Å². The molecule has 1 aromatic carbocycles. The van der Waals surface area contributed by atoms with E-state index in [1.165, 1.54) is 0 Å². The van der Waals surface area contributed by atoms with Crippen molar-refractivity contribution in [2.45, 2.75) is 87.7 Å². The number of amides is 1. The first-order chi connectivity index (χ1) is 16.2. The van der Waals surface area contributed by atoms with E-state index in [0.29, 0.717) is 53.6 Å². The van der Waals surface area contributed by atoms with E-state index in [2.05, 4.69) is 46.9 Å². The van der Waals surface area contributed by atoms with Crippen LogP contribution in [-0.4, -0.2) is 29.0 Å². The Labute approximate surface area is 209 Å². The lowest BCUT2D eigenvalue weighted by molar-refractivity contribution is 0.169. The summed E-state index contributed by atoms with van der Waals surface area (Å²) in [5.74, 6) is 1.55. The van der Waals surface area contributed by atoms with Gasteiger partial charge in [-0.3, -0.25) is 4.79 Å². The fourth-order valence-electron chi connectivity index (χ4n) is 3.97. The van der Waals surface area contributed by atoms with E-state index >= 15 is 0 Å². The number of benzene rings is 1. The molecule has 0 aliphatic rings. The van der Waals surface area contributed by atoms with Gasteiger partial charge in [0.25, 0.3) is 5.56 Å². The third-order valence-electron chi connectivity index (χ3n) is 5.60. The lowest BCUT2D eigenvalue weighted by Crippen LogP contribution is -2.41. The van der Waals surface area contributed by atoms with E-state index in [0.717, 1.165) is 12.8 Å². The zero-order chi connectivity index (χ0) is 26.6. The Morgan fingerprint density at radius 1 is 1.09 bits per heavy atom. The Morgan fingerprint density at radius 2 is 1.74 bits per heavy atom. The van der Waals surface area contributed by atoms with Gasteiger partial charge in [-0.05, 0) is 41.4 Å². The van der Waals surface area contributed by atoms with Crippen LogP contribution in [0.1, 0.15) is 86.9 Å². The lowest BCUT2D eigenvalue weighted by atomic mass is 9.83. The Morgan fingerprint density at radius 3 is 2.26 bits per heavy atom. The van der Waals surface area contributed by atoms with Crippen LogP contribution in [0.25, 0.3) is 10.8 Å². The minimum absolute atomic E-state index is 0.162. The normalized spacial score (nSPS) is 13.2. The fraction of sp³-hybridized carbons (Fsp3) is 0.643. The van der Waals surface area contributed by atoms with E-state index in [4.69, 9.17) is 9.47 Å². The van der Waals surface area contributed by atoms with Gasteiger partial charge in [-0.25, -0.2) is 4.79 Å². The number of aromatic nitrogens is 1. The van der Waals surface area contributed by atoms with Crippen molar-refractivity contribution in [1.29, 1.82) is 0 Å². The maximum absolute atomic E-state index is 13.9. The van der Waals surface area contributed by atoms with Crippen molar-refractivity contribution >= 4 is 16.9 Å². The van der Waals surface area contributed by atoms with Gasteiger partial charge in [-0.15, -0.1) is 0 Å². The van der Waals surface area contributed by atoms with Gasteiger partial charge in [-0.1, -0.05) is 68.7 Å². The number of nitrogens with zero attached hydrogens (tertiary/aromatic N) is 1. The van der Waals surface area contributed by atoms with Crippen LogP contribution in [0.4, 0.5) is 4.79 Å². The molecule has 0 radical (unpaired) electrons. The monoisotopic (exact) mass is 488 g/mol. The van der Waals surface area contributed by atoms with Crippen LogP contribution in [0, 0.1) is 16.7 Å². The molecule has 2 rings (SSSR count). The molecule has 2 aromatic rings. The highest BCUT2D eigenvalue weighted by molar-refractivity contribution is 5.90. The summed E-state index contributed by atoms with van der Waals surface area (Å²) < 4.78 is 14.1. The first-order valence-corrected chi connectivity index (χ1v) is 12.6. The minimum Gasteiger partial charge on any atom is -0.493 e. The second-order valence-corrected chi connectivity index (χ2v) is 12.0. The summed E-state index contributed by atoms with van der Waals surface area (Å²) in [6.45, 7) is 19.7. The Hall–Kier alpha value is -2.70.